The number of hydrogen-bond donors (Lipinski definition) is 2. The van der Waals surface area contributed by atoms with E-state index in [1.807, 2.05) is 7.05 Å². The van der Waals surface area contributed by atoms with Crippen molar-refractivity contribution in [2.45, 2.75) is 31.7 Å². The summed E-state index contributed by atoms with van der Waals surface area (Å²) < 4.78 is 0. The number of rotatable bonds is 3. The normalized spacial score (nSPS) is 42.0. The molecule has 70 valence electrons. The maximum atomic E-state index is 9.15. The van der Waals surface area contributed by atoms with E-state index in [1.165, 1.54) is 25.7 Å². The van der Waals surface area contributed by atoms with Gasteiger partial charge in [-0.2, -0.15) is 0 Å². The summed E-state index contributed by atoms with van der Waals surface area (Å²) >= 11 is 0. The van der Waals surface area contributed by atoms with Crippen molar-refractivity contribution < 1.29 is 5.11 Å². The van der Waals surface area contributed by atoms with Crippen LogP contribution in [0.2, 0.25) is 0 Å². The van der Waals surface area contributed by atoms with Gasteiger partial charge < -0.3 is 10.4 Å². The van der Waals surface area contributed by atoms with Crippen molar-refractivity contribution in [1.82, 2.24) is 5.32 Å². The number of fused-ring (bicyclic) bond motifs is 2. The van der Waals surface area contributed by atoms with Gasteiger partial charge in [-0.25, -0.2) is 0 Å². The van der Waals surface area contributed by atoms with Crippen LogP contribution in [0.3, 0.4) is 0 Å². The third kappa shape index (κ3) is 1.27. The molecular formula is C10H19NO. The number of nitrogens with one attached hydrogen (secondary N) is 1. The molecule has 2 N–H and O–H groups in total. The van der Waals surface area contributed by atoms with Gasteiger partial charge in [-0.3, -0.25) is 0 Å². The van der Waals surface area contributed by atoms with Gasteiger partial charge in [0.05, 0.1) is 6.61 Å². The highest BCUT2D eigenvalue weighted by Gasteiger charge is 2.42. The number of likely N-dealkylation sites (N-methyl/N-ethyl adjacent to an activating group) is 1. The van der Waals surface area contributed by atoms with E-state index in [-0.39, 0.29) is 0 Å². The van der Waals surface area contributed by atoms with Gasteiger partial charge in [-0.05, 0) is 44.1 Å². The Morgan fingerprint density at radius 3 is 2.67 bits per heavy atom. The van der Waals surface area contributed by atoms with Gasteiger partial charge in [0, 0.05) is 6.04 Å². The van der Waals surface area contributed by atoms with Crippen molar-refractivity contribution in [3.63, 3.8) is 0 Å². The lowest BCUT2D eigenvalue weighted by atomic mass is 9.83. The lowest BCUT2D eigenvalue weighted by Gasteiger charge is -2.28. The molecule has 2 rings (SSSR count). The third-order valence-corrected chi connectivity index (χ3v) is 3.88. The fraction of sp³-hybridized carbons (Fsp3) is 1.00. The average Bonchev–Trinajstić information content (AvgIpc) is 2.67. The highest BCUT2D eigenvalue weighted by molar-refractivity contribution is 4.94. The van der Waals surface area contributed by atoms with E-state index in [0.717, 1.165) is 17.8 Å². The molecule has 0 heterocycles. The van der Waals surface area contributed by atoms with Crippen LogP contribution in [0.25, 0.3) is 0 Å². The molecule has 4 atom stereocenters. The van der Waals surface area contributed by atoms with Gasteiger partial charge in [0.15, 0.2) is 0 Å². The Kier molecular flexibility index (Phi) is 2.37. The van der Waals surface area contributed by atoms with Crippen LogP contribution in [0.15, 0.2) is 0 Å². The first kappa shape index (κ1) is 8.52. The zero-order chi connectivity index (χ0) is 8.55. The Morgan fingerprint density at radius 1 is 1.42 bits per heavy atom. The molecule has 2 heteroatoms. The van der Waals surface area contributed by atoms with Crippen molar-refractivity contribution in [2.75, 3.05) is 13.7 Å². The standard InChI is InChI=1S/C10H19NO/c1-11-10(6-12)9-5-7-2-3-8(9)4-7/h7-12H,2-6H2,1H3. The van der Waals surface area contributed by atoms with E-state index in [9.17, 15) is 0 Å². The first-order chi connectivity index (χ1) is 5.85. The lowest BCUT2D eigenvalue weighted by molar-refractivity contribution is 0.167. The molecule has 0 radical (unpaired) electrons. The largest absolute Gasteiger partial charge is 0.395 e. The Labute approximate surface area is 74.4 Å². The van der Waals surface area contributed by atoms with Gasteiger partial charge in [0.2, 0.25) is 0 Å². The molecule has 0 aromatic heterocycles. The van der Waals surface area contributed by atoms with Gasteiger partial charge in [0.25, 0.3) is 0 Å². The molecule has 0 saturated heterocycles. The molecule has 0 aromatic carbocycles. The fourth-order valence-corrected chi connectivity index (χ4v) is 3.23. The molecule has 2 saturated carbocycles. The van der Waals surface area contributed by atoms with Gasteiger partial charge in [-0.1, -0.05) is 6.42 Å². The molecule has 4 unspecified atom stereocenters. The van der Waals surface area contributed by atoms with Crippen LogP contribution in [-0.2, 0) is 0 Å². The topological polar surface area (TPSA) is 32.3 Å². The second-order valence-electron chi connectivity index (χ2n) is 4.42. The van der Waals surface area contributed by atoms with E-state index in [2.05, 4.69) is 5.32 Å². The van der Waals surface area contributed by atoms with Crippen LogP contribution in [-0.4, -0.2) is 24.8 Å². The zero-order valence-corrected chi connectivity index (χ0v) is 7.79. The molecule has 0 aliphatic heterocycles. The SMILES string of the molecule is CNC(CO)C1CC2CCC1C2. The molecule has 0 aromatic rings. The van der Waals surface area contributed by atoms with Crippen LogP contribution in [0, 0.1) is 17.8 Å². The summed E-state index contributed by atoms with van der Waals surface area (Å²) in [6.07, 6.45) is 5.65. The summed E-state index contributed by atoms with van der Waals surface area (Å²) in [5.41, 5.74) is 0. The molecule has 2 aliphatic carbocycles. The highest BCUT2D eigenvalue weighted by atomic mass is 16.3. The number of aliphatic hydroxyl groups excluding tert-OH is 1. The monoisotopic (exact) mass is 169 g/mol. The van der Waals surface area contributed by atoms with E-state index < -0.39 is 0 Å². The van der Waals surface area contributed by atoms with Crippen molar-refractivity contribution in [2.24, 2.45) is 17.8 Å². The minimum atomic E-state index is 0.310. The molecule has 0 amide bonds. The first-order valence-electron chi connectivity index (χ1n) is 5.13. The predicted molar refractivity (Wildman–Crippen MR) is 48.9 cm³/mol. The molecule has 2 aliphatic rings. The summed E-state index contributed by atoms with van der Waals surface area (Å²) in [7, 11) is 1.97. The van der Waals surface area contributed by atoms with Gasteiger partial charge in [-0.15, -0.1) is 0 Å². The summed E-state index contributed by atoms with van der Waals surface area (Å²) in [4.78, 5) is 0. The summed E-state index contributed by atoms with van der Waals surface area (Å²) in [5.74, 6) is 2.67. The first-order valence-corrected chi connectivity index (χ1v) is 5.13. The second-order valence-corrected chi connectivity index (χ2v) is 4.42. The molecule has 0 spiro atoms. The summed E-state index contributed by atoms with van der Waals surface area (Å²) in [5, 5.41) is 12.4. The quantitative estimate of drug-likeness (QED) is 0.660. The van der Waals surface area contributed by atoms with Gasteiger partial charge in [0.1, 0.15) is 0 Å². The Morgan fingerprint density at radius 2 is 2.25 bits per heavy atom. The van der Waals surface area contributed by atoms with Crippen LogP contribution in [0.5, 0.6) is 0 Å². The average molecular weight is 169 g/mol. The fourth-order valence-electron chi connectivity index (χ4n) is 3.23. The summed E-state index contributed by atoms with van der Waals surface area (Å²) in [6.45, 7) is 0.310. The van der Waals surface area contributed by atoms with E-state index >= 15 is 0 Å². The van der Waals surface area contributed by atoms with Gasteiger partial charge >= 0.3 is 0 Å². The van der Waals surface area contributed by atoms with Crippen LogP contribution in [0.4, 0.5) is 0 Å². The Bertz CT molecular complexity index is 156. The molecule has 2 bridgehead atoms. The van der Waals surface area contributed by atoms with Crippen molar-refractivity contribution in [3.05, 3.63) is 0 Å². The van der Waals surface area contributed by atoms with Crippen molar-refractivity contribution >= 4 is 0 Å². The maximum Gasteiger partial charge on any atom is 0.0587 e. The van der Waals surface area contributed by atoms with E-state index in [1.54, 1.807) is 0 Å². The Hall–Kier alpha value is -0.0800. The minimum absolute atomic E-state index is 0.310. The molecule has 12 heavy (non-hydrogen) atoms. The van der Waals surface area contributed by atoms with Crippen LogP contribution >= 0.6 is 0 Å². The highest BCUT2D eigenvalue weighted by Crippen LogP contribution is 2.49. The second kappa shape index (κ2) is 3.35. The zero-order valence-electron chi connectivity index (χ0n) is 7.79. The smallest absolute Gasteiger partial charge is 0.0587 e. The maximum absolute atomic E-state index is 9.15. The summed E-state index contributed by atoms with van der Waals surface area (Å²) in [6, 6.07) is 0.361. The molecular weight excluding hydrogens is 150 g/mol. The molecule has 2 fully saturated rings. The third-order valence-electron chi connectivity index (χ3n) is 3.88. The lowest BCUT2D eigenvalue weighted by Crippen LogP contribution is -2.39. The predicted octanol–water partition coefficient (Wildman–Crippen LogP) is 1.00. The number of aliphatic hydroxyl groups is 1. The van der Waals surface area contributed by atoms with Crippen LogP contribution in [0.1, 0.15) is 25.7 Å². The van der Waals surface area contributed by atoms with Crippen molar-refractivity contribution in [1.29, 1.82) is 0 Å². The van der Waals surface area contributed by atoms with E-state index in [0.29, 0.717) is 12.6 Å². The van der Waals surface area contributed by atoms with Crippen molar-refractivity contribution in [3.8, 4) is 0 Å². The number of hydrogen-bond acceptors (Lipinski definition) is 2. The van der Waals surface area contributed by atoms with E-state index in [4.69, 9.17) is 5.11 Å². The van der Waals surface area contributed by atoms with Crippen LogP contribution < -0.4 is 5.32 Å². The minimum Gasteiger partial charge on any atom is -0.395 e. The Balaban J connectivity index is 1.96. The molecule has 2 nitrogen and oxygen atoms in total.